The van der Waals surface area contributed by atoms with Crippen LogP contribution in [0.1, 0.15) is 45.4 Å². The molecule has 9 nitrogen and oxygen atoms in total. The predicted molar refractivity (Wildman–Crippen MR) is 135 cm³/mol. The Morgan fingerprint density at radius 2 is 1.84 bits per heavy atom. The highest BCUT2D eigenvalue weighted by atomic mass is 35.5. The number of amides is 2. The highest BCUT2D eigenvalue weighted by Gasteiger charge is 2.48. The van der Waals surface area contributed by atoms with Crippen LogP contribution >= 0.6 is 23.2 Å². The first kappa shape index (κ1) is 27.9. The summed E-state index contributed by atoms with van der Waals surface area (Å²) in [6.07, 6.45) is -3.27. The first-order chi connectivity index (χ1) is 17.6. The van der Waals surface area contributed by atoms with Crippen LogP contribution in [0.3, 0.4) is 0 Å². The first-order valence-electron chi connectivity index (χ1n) is 11.1. The van der Waals surface area contributed by atoms with E-state index in [-0.39, 0.29) is 38.6 Å². The number of hydrogen-bond acceptors (Lipinski definition) is 6. The van der Waals surface area contributed by atoms with Crippen molar-refractivity contribution in [2.45, 2.75) is 32.0 Å². The molecule has 4 rings (SSSR count). The van der Waals surface area contributed by atoms with Crippen LogP contribution in [0.15, 0.2) is 36.5 Å². The molecule has 0 bridgehead atoms. The highest BCUT2D eigenvalue weighted by Crippen LogP contribution is 2.33. The summed E-state index contributed by atoms with van der Waals surface area (Å²) in [4.78, 5) is 30.5. The third-order valence-electron chi connectivity index (χ3n) is 6.00. The second-order valence-corrected chi connectivity index (χ2v) is 11.8. The second kappa shape index (κ2) is 9.86. The number of hydrogen-bond donors (Lipinski definition) is 2. The Labute approximate surface area is 225 Å². The van der Waals surface area contributed by atoms with Gasteiger partial charge in [-0.2, -0.15) is 18.3 Å². The molecule has 0 spiro atoms. The lowest BCUT2D eigenvalue weighted by Gasteiger charge is -2.41. The number of aryl methyl sites for hydroxylation is 1. The fraction of sp³-hybridized carbons (Fsp3) is 0.304. The molecule has 0 saturated carbocycles. The molecular formula is C23H20Cl2F3N5O4S. The van der Waals surface area contributed by atoms with E-state index in [1.165, 1.54) is 37.4 Å². The van der Waals surface area contributed by atoms with Crippen LogP contribution in [0, 0.1) is 6.92 Å². The number of alkyl halides is 3. The van der Waals surface area contributed by atoms with Gasteiger partial charge in [-0.3, -0.25) is 9.59 Å². The number of benzene rings is 1. The molecule has 2 aromatic heterocycles. The van der Waals surface area contributed by atoms with Crippen molar-refractivity contribution in [3.8, 4) is 5.82 Å². The summed E-state index contributed by atoms with van der Waals surface area (Å²) in [6, 6.07) is 6.08. The smallest absolute Gasteiger partial charge is 0.344 e. The van der Waals surface area contributed by atoms with Crippen LogP contribution < -0.4 is 10.6 Å². The summed E-state index contributed by atoms with van der Waals surface area (Å²) in [7, 11) is -3.28. The number of sulfone groups is 1. The summed E-state index contributed by atoms with van der Waals surface area (Å²) in [6.45, 7) is 3.26. The molecule has 15 heteroatoms. The van der Waals surface area contributed by atoms with Crippen molar-refractivity contribution >= 4 is 50.5 Å². The van der Waals surface area contributed by atoms with Crippen LogP contribution in [-0.4, -0.2) is 52.0 Å². The average molecular weight is 590 g/mol. The van der Waals surface area contributed by atoms with Crippen molar-refractivity contribution in [3.05, 3.63) is 69.1 Å². The van der Waals surface area contributed by atoms with E-state index >= 15 is 0 Å². The summed E-state index contributed by atoms with van der Waals surface area (Å²) < 4.78 is 64.6. The predicted octanol–water partition coefficient (Wildman–Crippen LogP) is 4.46. The van der Waals surface area contributed by atoms with Gasteiger partial charge in [0.1, 0.15) is 5.69 Å². The van der Waals surface area contributed by atoms with Crippen LogP contribution in [0.2, 0.25) is 10.0 Å². The molecule has 38 heavy (non-hydrogen) atoms. The molecule has 3 aromatic rings. The number of pyridine rings is 1. The molecule has 0 unspecified atom stereocenters. The van der Waals surface area contributed by atoms with E-state index in [1.54, 1.807) is 6.92 Å². The summed E-state index contributed by atoms with van der Waals surface area (Å²) in [5.41, 5.74) is -2.68. The van der Waals surface area contributed by atoms with Crippen LogP contribution in [0.5, 0.6) is 0 Å². The maximum atomic E-state index is 13.5. The van der Waals surface area contributed by atoms with Crippen molar-refractivity contribution in [2.75, 3.05) is 16.8 Å². The van der Waals surface area contributed by atoms with E-state index in [0.29, 0.717) is 22.7 Å². The van der Waals surface area contributed by atoms with Gasteiger partial charge in [-0.15, -0.1) is 0 Å². The minimum absolute atomic E-state index is 0.0289. The monoisotopic (exact) mass is 589 g/mol. The fourth-order valence-electron chi connectivity index (χ4n) is 4.11. The second-order valence-electron chi connectivity index (χ2n) is 8.85. The van der Waals surface area contributed by atoms with Gasteiger partial charge in [-0.1, -0.05) is 30.1 Å². The Balaban J connectivity index is 1.73. The highest BCUT2D eigenvalue weighted by molar-refractivity contribution is 7.93. The zero-order valence-corrected chi connectivity index (χ0v) is 22.2. The lowest BCUT2D eigenvalue weighted by molar-refractivity contribution is -0.141. The molecule has 1 fully saturated rings. The van der Waals surface area contributed by atoms with Crippen molar-refractivity contribution in [1.29, 1.82) is 0 Å². The molecule has 0 atom stereocenters. The van der Waals surface area contributed by atoms with Crippen molar-refractivity contribution in [1.82, 2.24) is 20.1 Å². The maximum Gasteiger partial charge on any atom is 0.435 e. The van der Waals surface area contributed by atoms with E-state index in [1.807, 2.05) is 0 Å². The van der Waals surface area contributed by atoms with Gasteiger partial charge in [-0.05, 0) is 43.2 Å². The molecular weight excluding hydrogens is 570 g/mol. The number of aromatic nitrogens is 3. The van der Waals surface area contributed by atoms with Gasteiger partial charge in [0.25, 0.3) is 11.8 Å². The minimum atomic E-state index is -4.87. The Bertz CT molecular complexity index is 1540. The Kier molecular flexibility index (Phi) is 7.23. The molecule has 2 N–H and O–H groups in total. The lowest BCUT2D eigenvalue weighted by atomic mass is 9.98. The minimum Gasteiger partial charge on any atom is -0.344 e. The number of carbonyl (C=O) groups is 2. The molecule has 1 aliphatic rings. The van der Waals surface area contributed by atoms with E-state index in [2.05, 4.69) is 20.7 Å². The molecule has 0 radical (unpaired) electrons. The van der Waals surface area contributed by atoms with Gasteiger partial charge in [0.05, 0.1) is 33.3 Å². The van der Waals surface area contributed by atoms with Crippen molar-refractivity contribution < 1.29 is 31.2 Å². The number of anilines is 1. The molecule has 1 aliphatic heterocycles. The Morgan fingerprint density at radius 1 is 1.16 bits per heavy atom. The number of nitrogens with zero attached hydrogens (tertiary/aromatic N) is 3. The zero-order valence-electron chi connectivity index (χ0n) is 19.9. The fourth-order valence-corrected chi connectivity index (χ4v) is 6.74. The van der Waals surface area contributed by atoms with Gasteiger partial charge < -0.3 is 10.6 Å². The van der Waals surface area contributed by atoms with Gasteiger partial charge in [0.15, 0.2) is 21.3 Å². The molecule has 1 aromatic carbocycles. The van der Waals surface area contributed by atoms with Gasteiger partial charge in [0.2, 0.25) is 0 Å². The third kappa shape index (κ3) is 5.49. The summed E-state index contributed by atoms with van der Waals surface area (Å²) >= 11 is 12.2. The normalized spacial score (nSPS) is 16.0. The lowest BCUT2D eigenvalue weighted by Crippen LogP contribution is -2.65. The zero-order chi connectivity index (χ0) is 28.0. The molecule has 202 valence electrons. The maximum absolute atomic E-state index is 13.5. The Morgan fingerprint density at radius 3 is 2.42 bits per heavy atom. The van der Waals surface area contributed by atoms with E-state index in [0.717, 1.165) is 0 Å². The molecule has 2 amide bonds. The van der Waals surface area contributed by atoms with Gasteiger partial charge >= 0.3 is 6.18 Å². The number of nitrogens with one attached hydrogen (secondary N) is 2. The SMILES string of the molecule is CCC1(NC(=O)c2cc(Cl)cc(C)c2NC(=O)c2cc(C(F)(F)F)nn2-c2ncccc2Cl)CS(=O)(=O)C1. The van der Waals surface area contributed by atoms with Gasteiger partial charge in [-0.25, -0.2) is 18.1 Å². The van der Waals surface area contributed by atoms with Gasteiger partial charge in [0, 0.05) is 17.3 Å². The van der Waals surface area contributed by atoms with E-state index in [9.17, 15) is 31.2 Å². The van der Waals surface area contributed by atoms with Crippen LogP contribution in [0.4, 0.5) is 18.9 Å². The topological polar surface area (TPSA) is 123 Å². The van der Waals surface area contributed by atoms with E-state index < -0.39 is 44.8 Å². The number of carbonyl (C=O) groups excluding carboxylic acids is 2. The summed E-state index contributed by atoms with van der Waals surface area (Å²) in [5, 5.41) is 8.77. The molecule has 1 saturated heterocycles. The standard InChI is InChI=1S/C23H20Cl2F3N5O4S/c1-3-22(10-38(36,37)11-22)31-20(34)14-8-13(24)7-12(2)18(14)30-21(35)16-9-17(23(26,27)28)32-33(16)19-15(25)5-4-6-29-19/h4-9H,3,10-11H2,1-2H3,(H,30,35)(H,31,34). The van der Waals surface area contributed by atoms with E-state index in [4.69, 9.17) is 23.2 Å². The first-order valence-corrected chi connectivity index (χ1v) is 13.6. The molecule has 0 aliphatic carbocycles. The van der Waals surface area contributed by atoms with Crippen LogP contribution in [-0.2, 0) is 16.0 Å². The molecule has 3 heterocycles. The number of halogens is 5. The largest absolute Gasteiger partial charge is 0.435 e. The number of rotatable bonds is 6. The van der Waals surface area contributed by atoms with Crippen molar-refractivity contribution in [3.63, 3.8) is 0 Å². The average Bonchev–Trinajstić information content (AvgIpc) is 3.25. The quantitative estimate of drug-likeness (QED) is 0.437. The third-order valence-corrected chi connectivity index (χ3v) is 8.50. The Hall–Kier alpha value is -3.16. The van der Waals surface area contributed by atoms with Crippen molar-refractivity contribution in [2.24, 2.45) is 0 Å². The summed E-state index contributed by atoms with van der Waals surface area (Å²) in [5.74, 6) is -2.44. The van der Waals surface area contributed by atoms with Crippen LogP contribution in [0.25, 0.3) is 5.82 Å².